The van der Waals surface area contributed by atoms with Gasteiger partial charge in [0.1, 0.15) is 0 Å². The fraction of sp³-hybridized carbons (Fsp3) is 0.846. The third kappa shape index (κ3) is 10.3. The van der Waals surface area contributed by atoms with E-state index in [1.165, 1.54) is 0 Å². The van der Waals surface area contributed by atoms with Crippen molar-refractivity contribution in [2.75, 3.05) is 6.51 Å². The first-order chi connectivity index (χ1) is 8.24. The van der Waals surface area contributed by atoms with E-state index in [9.17, 15) is 0 Å². The van der Waals surface area contributed by atoms with Crippen molar-refractivity contribution in [1.29, 1.82) is 0 Å². The summed E-state index contributed by atoms with van der Waals surface area (Å²) in [6.45, 7) is 13.5. The van der Waals surface area contributed by atoms with E-state index in [4.69, 9.17) is 10.6 Å². The van der Waals surface area contributed by atoms with Gasteiger partial charge in [0.05, 0.1) is 11.8 Å². The summed E-state index contributed by atoms with van der Waals surface area (Å²) in [6.07, 6.45) is 3.93. The Morgan fingerprint density at radius 2 is 2.00 bits per heavy atom. The molecule has 18 heavy (non-hydrogen) atoms. The lowest BCUT2D eigenvalue weighted by atomic mass is 9.67. The number of nitrogens with zero attached hydrogens (tertiary/aromatic N) is 2. The van der Waals surface area contributed by atoms with E-state index in [0.29, 0.717) is 6.51 Å². The Morgan fingerprint density at radius 1 is 1.39 bits per heavy atom. The zero-order valence-corrected chi connectivity index (χ0v) is 12.7. The summed E-state index contributed by atoms with van der Waals surface area (Å²) < 4.78 is 5.50. The number of nitrogens with two attached hydrogens (primary N) is 1. The summed E-state index contributed by atoms with van der Waals surface area (Å²) in [4.78, 5) is 4.41. The molecule has 0 atom stereocenters. The Morgan fingerprint density at radius 3 is 2.44 bits per heavy atom. The lowest BCUT2D eigenvalue weighted by Crippen LogP contribution is -2.19. The number of hydrogen-bond acceptors (Lipinski definition) is 4. The lowest BCUT2D eigenvalue weighted by molar-refractivity contribution is 0.113. The first-order valence-electron chi connectivity index (χ1n) is 6.66. The maximum absolute atomic E-state index is 5.50. The fourth-order valence-corrected chi connectivity index (χ4v) is 1.25. The molecule has 0 saturated carbocycles. The van der Waals surface area contributed by atoms with Gasteiger partial charge in [-0.05, 0) is 32.1 Å². The molecule has 0 aromatic rings. The minimum absolute atomic E-state index is 0.138. The third-order valence-corrected chi connectivity index (χ3v) is 2.45. The second-order valence-corrected chi connectivity index (χ2v) is 6.19. The van der Waals surface area contributed by atoms with E-state index in [2.05, 4.69) is 30.8 Å². The highest BCUT2D eigenvalue weighted by atomic mass is 16.5. The molecule has 0 aliphatic heterocycles. The average molecular weight is 253 g/mol. The van der Waals surface area contributed by atoms with Crippen molar-refractivity contribution in [1.82, 2.24) is 0 Å². The molecule has 0 fully saturated rings. The van der Waals surface area contributed by atoms with E-state index in [0.717, 1.165) is 18.6 Å². The van der Waals surface area contributed by atoms with Crippen LogP contribution in [0.2, 0.25) is 6.82 Å². The highest BCUT2D eigenvalue weighted by Gasteiger charge is 2.12. The molecule has 5 heteroatoms. The van der Waals surface area contributed by atoms with Crippen molar-refractivity contribution in [2.45, 2.75) is 60.4 Å². The number of rotatable bonds is 7. The molecule has 0 aliphatic rings. The van der Waals surface area contributed by atoms with Gasteiger partial charge in [-0.25, -0.2) is 0 Å². The number of ether oxygens (including phenoxy) is 1. The van der Waals surface area contributed by atoms with Crippen molar-refractivity contribution in [3.05, 3.63) is 0 Å². The number of hydrogen-bond donors (Lipinski definition) is 1. The molecular formula is C13H28BN3O. The Bertz CT molecular complexity index is 282. The van der Waals surface area contributed by atoms with Crippen molar-refractivity contribution < 1.29 is 4.74 Å². The zero-order chi connectivity index (χ0) is 14.2. The van der Waals surface area contributed by atoms with Gasteiger partial charge in [0.15, 0.2) is 0 Å². The van der Waals surface area contributed by atoms with Crippen LogP contribution in [0.5, 0.6) is 0 Å². The maximum Gasteiger partial charge on any atom is 0.302 e. The van der Waals surface area contributed by atoms with Crippen LogP contribution in [0.1, 0.15) is 47.5 Å². The van der Waals surface area contributed by atoms with Crippen LogP contribution in [0, 0.1) is 5.41 Å². The standard InChI is InChI=1S/C13H28BN3O/c1-11(2)18-10-14(6)16-9-12(17-15)7-8-13(3,4)5/h9,11H,7-8,10,15H2,1-6H3. The van der Waals surface area contributed by atoms with Gasteiger partial charge in [0.2, 0.25) is 0 Å². The van der Waals surface area contributed by atoms with Crippen LogP contribution < -0.4 is 5.84 Å². The predicted molar refractivity (Wildman–Crippen MR) is 81.5 cm³/mol. The molecule has 104 valence electrons. The molecule has 0 aliphatic carbocycles. The highest BCUT2D eigenvalue weighted by molar-refractivity contribution is 6.58. The Kier molecular flexibility index (Phi) is 7.91. The van der Waals surface area contributed by atoms with Gasteiger partial charge < -0.3 is 15.5 Å². The Labute approximate surface area is 112 Å². The lowest BCUT2D eigenvalue weighted by Gasteiger charge is -2.17. The normalized spacial score (nSPS) is 13.6. The molecule has 0 bridgehead atoms. The Hall–Kier alpha value is -0.835. The van der Waals surface area contributed by atoms with E-state index in [1.54, 1.807) is 6.21 Å². The van der Waals surface area contributed by atoms with Gasteiger partial charge in [0, 0.05) is 12.7 Å². The third-order valence-electron chi connectivity index (χ3n) is 2.45. The maximum atomic E-state index is 5.50. The molecular weight excluding hydrogens is 225 g/mol. The molecule has 2 N–H and O–H groups in total. The summed E-state index contributed by atoms with van der Waals surface area (Å²) >= 11 is 0. The van der Waals surface area contributed by atoms with Crippen molar-refractivity contribution >= 4 is 18.8 Å². The van der Waals surface area contributed by atoms with Gasteiger partial charge >= 0.3 is 6.85 Å². The van der Waals surface area contributed by atoms with Crippen LogP contribution in [0.3, 0.4) is 0 Å². The second kappa shape index (κ2) is 8.30. The minimum atomic E-state index is 0.138. The summed E-state index contributed by atoms with van der Waals surface area (Å²) in [5, 5.41) is 3.78. The highest BCUT2D eigenvalue weighted by Crippen LogP contribution is 2.20. The van der Waals surface area contributed by atoms with Gasteiger partial charge in [0.25, 0.3) is 0 Å². The molecule has 0 unspecified atom stereocenters. The molecule has 0 aromatic carbocycles. The average Bonchev–Trinajstić information content (AvgIpc) is 2.25. The van der Waals surface area contributed by atoms with Crippen molar-refractivity contribution in [2.24, 2.45) is 21.3 Å². The summed E-state index contributed by atoms with van der Waals surface area (Å²) in [6, 6.07) is 0. The van der Waals surface area contributed by atoms with Crippen LogP contribution in [0.4, 0.5) is 0 Å². The predicted octanol–water partition coefficient (Wildman–Crippen LogP) is 2.78. The molecule has 0 rings (SSSR count). The number of hydrazone groups is 1. The van der Waals surface area contributed by atoms with Gasteiger partial charge in [-0.1, -0.05) is 27.6 Å². The van der Waals surface area contributed by atoms with Crippen LogP contribution in [-0.4, -0.2) is 31.4 Å². The van der Waals surface area contributed by atoms with Crippen LogP contribution in [-0.2, 0) is 4.74 Å². The first-order valence-corrected chi connectivity index (χ1v) is 6.66. The zero-order valence-electron chi connectivity index (χ0n) is 12.7. The molecule has 0 amide bonds. The summed E-state index contributed by atoms with van der Waals surface area (Å²) in [5.41, 5.74) is 1.14. The fourth-order valence-electron chi connectivity index (χ4n) is 1.25. The van der Waals surface area contributed by atoms with E-state index in [-0.39, 0.29) is 18.4 Å². The van der Waals surface area contributed by atoms with E-state index in [1.807, 2.05) is 20.7 Å². The minimum Gasteiger partial charge on any atom is -0.384 e. The first kappa shape index (κ1) is 17.2. The second-order valence-electron chi connectivity index (χ2n) is 6.19. The molecule has 0 heterocycles. The smallest absolute Gasteiger partial charge is 0.302 e. The van der Waals surface area contributed by atoms with Crippen LogP contribution in [0.25, 0.3) is 0 Å². The van der Waals surface area contributed by atoms with Crippen LogP contribution >= 0.6 is 0 Å². The van der Waals surface area contributed by atoms with Gasteiger partial charge in [-0.3, -0.25) is 0 Å². The van der Waals surface area contributed by atoms with Gasteiger partial charge in [-0.15, -0.1) is 0 Å². The van der Waals surface area contributed by atoms with Gasteiger partial charge in [-0.2, -0.15) is 5.10 Å². The SMILES string of the molecule is CB(COC(C)C)N=CC(CCC(C)(C)C)=NN. The monoisotopic (exact) mass is 253 g/mol. The van der Waals surface area contributed by atoms with E-state index < -0.39 is 0 Å². The summed E-state index contributed by atoms with van der Waals surface area (Å²) in [5.74, 6) is 5.38. The molecule has 4 nitrogen and oxygen atoms in total. The van der Waals surface area contributed by atoms with Crippen molar-refractivity contribution in [3.8, 4) is 0 Å². The van der Waals surface area contributed by atoms with Crippen LogP contribution in [0.15, 0.2) is 10.0 Å². The molecule has 0 aromatic heterocycles. The summed E-state index contributed by atoms with van der Waals surface area (Å²) in [7, 11) is 0. The molecule has 0 saturated heterocycles. The molecule has 0 radical (unpaired) electrons. The Balaban J connectivity index is 4.12. The topological polar surface area (TPSA) is 60.0 Å². The van der Waals surface area contributed by atoms with E-state index >= 15 is 0 Å². The largest absolute Gasteiger partial charge is 0.384 e. The quantitative estimate of drug-likeness (QED) is 0.328. The molecule has 0 spiro atoms. The van der Waals surface area contributed by atoms with Crippen molar-refractivity contribution in [3.63, 3.8) is 0 Å².